The summed E-state index contributed by atoms with van der Waals surface area (Å²) in [7, 11) is 0. The highest BCUT2D eigenvalue weighted by Gasteiger charge is 2.47. The van der Waals surface area contributed by atoms with Gasteiger partial charge in [0.05, 0.1) is 5.69 Å². The highest BCUT2D eigenvalue weighted by atomic mass is 35.5. The van der Waals surface area contributed by atoms with E-state index >= 15 is 0 Å². The van der Waals surface area contributed by atoms with Gasteiger partial charge in [-0.05, 0) is 18.6 Å². The highest BCUT2D eigenvalue weighted by Crippen LogP contribution is 2.30. The van der Waals surface area contributed by atoms with Crippen LogP contribution in [0, 0.1) is 0 Å². The summed E-state index contributed by atoms with van der Waals surface area (Å²) < 4.78 is 37.9. The van der Waals surface area contributed by atoms with Crippen LogP contribution in [0.25, 0.3) is 0 Å². The first-order chi connectivity index (χ1) is 9.20. The zero-order valence-electron chi connectivity index (χ0n) is 10.2. The number of aromatic nitrogens is 1. The number of hydrogen-bond donors (Lipinski definition) is 1. The summed E-state index contributed by atoms with van der Waals surface area (Å²) in [5.41, 5.74) is -0.397. The van der Waals surface area contributed by atoms with Gasteiger partial charge in [-0.3, -0.25) is 9.69 Å². The summed E-state index contributed by atoms with van der Waals surface area (Å²) >= 11 is 5.65. The van der Waals surface area contributed by atoms with Gasteiger partial charge < -0.3 is 5.11 Å². The van der Waals surface area contributed by atoms with Crippen LogP contribution in [0.3, 0.4) is 0 Å². The molecule has 0 spiro atoms. The van der Waals surface area contributed by atoms with Gasteiger partial charge in [0.15, 0.2) is 5.15 Å². The van der Waals surface area contributed by atoms with E-state index in [0.717, 1.165) is 6.07 Å². The Morgan fingerprint density at radius 2 is 2.10 bits per heavy atom. The fourth-order valence-electron chi connectivity index (χ4n) is 1.58. The van der Waals surface area contributed by atoms with E-state index in [1.807, 2.05) is 0 Å². The molecule has 1 aromatic rings. The normalized spacial score (nSPS) is 12.8. The quantitative estimate of drug-likeness (QED) is 0.867. The van der Waals surface area contributed by atoms with Crippen LogP contribution in [-0.2, 0) is 9.59 Å². The molecule has 1 rings (SSSR count). The van der Waals surface area contributed by atoms with E-state index in [1.54, 1.807) is 0 Å². The maximum atomic E-state index is 12.6. The molecule has 1 unspecified atom stereocenters. The fraction of sp³-hybridized carbons (Fsp3) is 0.364. The number of nitrogens with zero attached hydrogens (tertiary/aromatic N) is 2. The molecular formula is C11H10ClF3N2O3. The first-order valence-electron chi connectivity index (χ1n) is 5.43. The Morgan fingerprint density at radius 1 is 1.50 bits per heavy atom. The third-order valence-electron chi connectivity index (χ3n) is 2.44. The van der Waals surface area contributed by atoms with E-state index in [0.29, 0.717) is 0 Å². The lowest BCUT2D eigenvalue weighted by molar-refractivity contribution is -0.171. The van der Waals surface area contributed by atoms with Crippen molar-refractivity contribution in [1.29, 1.82) is 0 Å². The summed E-state index contributed by atoms with van der Waals surface area (Å²) in [4.78, 5) is 26.2. The van der Waals surface area contributed by atoms with E-state index in [-0.39, 0.29) is 16.5 Å². The molecule has 0 fully saturated rings. The van der Waals surface area contributed by atoms with Crippen LogP contribution in [0.1, 0.15) is 13.3 Å². The second-order valence-corrected chi connectivity index (χ2v) is 4.11. The Balaban J connectivity index is 3.39. The van der Waals surface area contributed by atoms with Crippen LogP contribution >= 0.6 is 11.6 Å². The molecule has 1 aromatic heterocycles. The summed E-state index contributed by atoms with van der Waals surface area (Å²) in [5.74, 6) is -3.87. The number of aliphatic carboxylic acids is 1. The Morgan fingerprint density at radius 3 is 2.50 bits per heavy atom. The van der Waals surface area contributed by atoms with Gasteiger partial charge in [-0.2, -0.15) is 13.2 Å². The van der Waals surface area contributed by atoms with Crippen LogP contribution in [0.2, 0.25) is 5.15 Å². The maximum absolute atomic E-state index is 12.6. The standard InChI is InChI=1S/C11H10ClF3N2O3/c1-2-6(9(18)19)17(10(20)11(13,14)15)7-4-3-5-16-8(7)12/h3-6H,2H2,1H3,(H,18,19). The van der Waals surface area contributed by atoms with E-state index in [9.17, 15) is 22.8 Å². The second kappa shape index (κ2) is 6.08. The molecule has 1 amide bonds. The number of amides is 1. The fourth-order valence-corrected chi connectivity index (χ4v) is 1.79. The zero-order chi connectivity index (χ0) is 15.5. The predicted molar refractivity (Wildman–Crippen MR) is 64.5 cm³/mol. The molecule has 1 heterocycles. The van der Waals surface area contributed by atoms with Gasteiger partial charge in [-0.1, -0.05) is 18.5 Å². The first kappa shape index (κ1) is 16.2. The van der Waals surface area contributed by atoms with Gasteiger partial charge >= 0.3 is 18.1 Å². The third kappa shape index (κ3) is 3.38. The molecule has 0 bridgehead atoms. The minimum Gasteiger partial charge on any atom is -0.480 e. The molecule has 110 valence electrons. The van der Waals surface area contributed by atoms with Crippen molar-refractivity contribution < 1.29 is 27.9 Å². The van der Waals surface area contributed by atoms with Gasteiger partial charge in [0.2, 0.25) is 0 Å². The van der Waals surface area contributed by atoms with Gasteiger partial charge in [-0.25, -0.2) is 9.78 Å². The number of carboxylic acid groups (broad SMARTS) is 1. The van der Waals surface area contributed by atoms with Gasteiger partial charge in [-0.15, -0.1) is 0 Å². The largest absolute Gasteiger partial charge is 0.480 e. The number of anilines is 1. The Labute approximate surface area is 117 Å². The lowest BCUT2D eigenvalue weighted by Crippen LogP contribution is -2.50. The molecule has 1 N–H and O–H groups in total. The summed E-state index contributed by atoms with van der Waals surface area (Å²) in [6.07, 6.45) is -4.23. The molecule has 1 atom stereocenters. The second-order valence-electron chi connectivity index (χ2n) is 3.75. The average Bonchev–Trinajstić information content (AvgIpc) is 2.34. The summed E-state index contributed by atoms with van der Waals surface area (Å²) in [6, 6.07) is 0.669. The number of hydrogen-bond acceptors (Lipinski definition) is 3. The Bertz CT molecular complexity index is 522. The number of alkyl halides is 3. The molecule has 9 heteroatoms. The van der Waals surface area contributed by atoms with E-state index in [4.69, 9.17) is 16.7 Å². The number of carboxylic acids is 1. The van der Waals surface area contributed by atoms with Crippen LogP contribution in [-0.4, -0.2) is 34.2 Å². The summed E-state index contributed by atoms with van der Waals surface area (Å²) in [5, 5.41) is 8.60. The number of carbonyl (C=O) groups is 2. The zero-order valence-corrected chi connectivity index (χ0v) is 10.9. The Hall–Kier alpha value is -1.83. The van der Waals surface area contributed by atoms with Crippen LogP contribution in [0.5, 0.6) is 0 Å². The van der Waals surface area contributed by atoms with Gasteiger partial charge in [0.25, 0.3) is 0 Å². The Kier molecular flexibility index (Phi) is 4.93. The van der Waals surface area contributed by atoms with Crippen molar-refractivity contribution in [2.45, 2.75) is 25.6 Å². The molecule has 0 saturated heterocycles. The van der Waals surface area contributed by atoms with Gasteiger partial charge in [0.1, 0.15) is 6.04 Å². The van der Waals surface area contributed by atoms with Crippen molar-refractivity contribution in [1.82, 2.24) is 4.98 Å². The smallest absolute Gasteiger partial charge is 0.471 e. The monoisotopic (exact) mass is 310 g/mol. The van der Waals surface area contributed by atoms with Crippen molar-refractivity contribution in [2.24, 2.45) is 0 Å². The first-order valence-corrected chi connectivity index (χ1v) is 5.81. The van der Waals surface area contributed by atoms with Crippen LogP contribution in [0.15, 0.2) is 18.3 Å². The van der Waals surface area contributed by atoms with Crippen molar-refractivity contribution in [3.8, 4) is 0 Å². The SMILES string of the molecule is CCC(C(=O)O)N(C(=O)C(F)(F)F)c1cccnc1Cl. The number of carbonyl (C=O) groups excluding carboxylic acids is 1. The van der Waals surface area contributed by atoms with E-state index in [1.165, 1.54) is 19.2 Å². The van der Waals surface area contributed by atoms with E-state index < -0.39 is 29.8 Å². The molecule has 0 aromatic carbocycles. The van der Waals surface area contributed by atoms with Crippen LogP contribution in [0.4, 0.5) is 18.9 Å². The van der Waals surface area contributed by atoms with Crippen molar-refractivity contribution in [2.75, 3.05) is 4.90 Å². The lowest BCUT2D eigenvalue weighted by Gasteiger charge is -2.29. The number of halogens is 4. The molecular weight excluding hydrogens is 301 g/mol. The third-order valence-corrected chi connectivity index (χ3v) is 2.73. The maximum Gasteiger partial charge on any atom is 0.471 e. The highest BCUT2D eigenvalue weighted by molar-refractivity contribution is 6.32. The van der Waals surface area contributed by atoms with Gasteiger partial charge in [0, 0.05) is 6.20 Å². The lowest BCUT2D eigenvalue weighted by atomic mass is 10.1. The minimum absolute atomic E-state index is 0.109. The van der Waals surface area contributed by atoms with Crippen molar-refractivity contribution in [3.05, 3.63) is 23.5 Å². The molecule has 0 aliphatic rings. The van der Waals surface area contributed by atoms with Crippen molar-refractivity contribution >= 4 is 29.2 Å². The van der Waals surface area contributed by atoms with E-state index in [2.05, 4.69) is 4.98 Å². The average molecular weight is 311 g/mol. The number of rotatable bonds is 4. The molecule has 0 aliphatic heterocycles. The van der Waals surface area contributed by atoms with Crippen molar-refractivity contribution in [3.63, 3.8) is 0 Å². The van der Waals surface area contributed by atoms with Crippen LogP contribution < -0.4 is 4.90 Å². The molecule has 20 heavy (non-hydrogen) atoms. The molecule has 0 radical (unpaired) electrons. The topological polar surface area (TPSA) is 70.5 Å². The minimum atomic E-state index is -5.22. The predicted octanol–water partition coefficient (Wildman–Crippen LogP) is 2.49. The number of pyridine rings is 1. The molecule has 5 nitrogen and oxygen atoms in total. The summed E-state index contributed by atoms with van der Waals surface area (Å²) in [6.45, 7) is 1.35. The molecule has 0 aliphatic carbocycles. The molecule has 0 saturated carbocycles.